The van der Waals surface area contributed by atoms with Crippen LogP contribution in [-0.2, 0) is 6.42 Å². The van der Waals surface area contributed by atoms with Gasteiger partial charge in [-0.3, -0.25) is 0 Å². The zero-order valence-electron chi connectivity index (χ0n) is 8.42. The first-order chi connectivity index (χ1) is 6.36. The number of hydrogen-bond donors (Lipinski definition) is 0. The molecule has 13 heavy (non-hydrogen) atoms. The molecule has 0 aliphatic rings. The van der Waals surface area contributed by atoms with Gasteiger partial charge in [-0.2, -0.15) is 0 Å². The summed E-state index contributed by atoms with van der Waals surface area (Å²) in [5.74, 6) is 0.757. The molecule has 0 unspecified atom stereocenters. The van der Waals surface area contributed by atoms with Crippen molar-refractivity contribution in [2.75, 3.05) is 6.61 Å². The Bertz CT molecular complexity index is 248. The standard InChI is InChI=1S/C11H17NO/c1-3-5-9-13-11-8-6-7-10(4-2)12-11/h6-8H,3-5,9H2,1-2H3. The Hall–Kier alpha value is -1.05. The van der Waals surface area contributed by atoms with Crippen LogP contribution >= 0.6 is 0 Å². The molecule has 0 atom stereocenters. The number of aryl methyl sites for hydroxylation is 1. The summed E-state index contributed by atoms with van der Waals surface area (Å²) in [6.07, 6.45) is 3.22. The predicted octanol–water partition coefficient (Wildman–Crippen LogP) is 2.82. The second-order valence-electron chi connectivity index (χ2n) is 3.02. The Labute approximate surface area is 80.0 Å². The van der Waals surface area contributed by atoms with Crippen molar-refractivity contribution in [1.29, 1.82) is 0 Å². The fourth-order valence-corrected chi connectivity index (χ4v) is 1.06. The van der Waals surface area contributed by atoms with Crippen LogP contribution in [0, 0.1) is 0 Å². The zero-order chi connectivity index (χ0) is 9.52. The van der Waals surface area contributed by atoms with E-state index in [-0.39, 0.29) is 0 Å². The first kappa shape index (κ1) is 10.0. The molecule has 0 amide bonds. The molecule has 1 rings (SSSR count). The van der Waals surface area contributed by atoms with Crippen molar-refractivity contribution in [3.05, 3.63) is 23.9 Å². The third kappa shape index (κ3) is 3.45. The van der Waals surface area contributed by atoms with E-state index in [9.17, 15) is 0 Å². The molecule has 0 radical (unpaired) electrons. The van der Waals surface area contributed by atoms with Crippen molar-refractivity contribution in [3.8, 4) is 5.88 Å². The Kier molecular flexibility index (Phi) is 4.30. The minimum Gasteiger partial charge on any atom is -0.478 e. The van der Waals surface area contributed by atoms with Gasteiger partial charge >= 0.3 is 0 Å². The van der Waals surface area contributed by atoms with E-state index >= 15 is 0 Å². The van der Waals surface area contributed by atoms with E-state index in [0.717, 1.165) is 37.4 Å². The van der Waals surface area contributed by atoms with E-state index in [1.54, 1.807) is 0 Å². The van der Waals surface area contributed by atoms with Gasteiger partial charge in [-0.15, -0.1) is 0 Å². The summed E-state index contributed by atoms with van der Waals surface area (Å²) in [5, 5.41) is 0. The molecule has 1 aromatic heterocycles. The maximum absolute atomic E-state index is 5.48. The van der Waals surface area contributed by atoms with Crippen molar-refractivity contribution >= 4 is 0 Å². The van der Waals surface area contributed by atoms with Crippen LogP contribution in [0.4, 0.5) is 0 Å². The van der Waals surface area contributed by atoms with Gasteiger partial charge in [-0.1, -0.05) is 26.3 Å². The highest BCUT2D eigenvalue weighted by molar-refractivity contribution is 5.15. The van der Waals surface area contributed by atoms with Gasteiger partial charge in [0.15, 0.2) is 0 Å². The van der Waals surface area contributed by atoms with Crippen LogP contribution in [0.3, 0.4) is 0 Å². The van der Waals surface area contributed by atoms with E-state index in [2.05, 4.69) is 18.8 Å². The number of aromatic nitrogens is 1. The van der Waals surface area contributed by atoms with Gasteiger partial charge in [-0.05, 0) is 18.9 Å². The highest BCUT2D eigenvalue weighted by atomic mass is 16.5. The number of unbranched alkanes of at least 4 members (excludes halogenated alkanes) is 1. The van der Waals surface area contributed by atoms with Crippen LogP contribution in [-0.4, -0.2) is 11.6 Å². The summed E-state index contributed by atoms with van der Waals surface area (Å²) >= 11 is 0. The van der Waals surface area contributed by atoms with Crippen LogP contribution in [0.5, 0.6) is 5.88 Å². The molecule has 0 fully saturated rings. The summed E-state index contributed by atoms with van der Waals surface area (Å²) < 4.78 is 5.48. The SMILES string of the molecule is CCCCOc1cccc(CC)n1. The second-order valence-corrected chi connectivity index (χ2v) is 3.02. The summed E-state index contributed by atoms with van der Waals surface area (Å²) in [6.45, 7) is 5.02. The third-order valence-corrected chi connectivity index (χ3v) is 1.89. The molecule has 1 aromatic rings. The predicted molar refractivity (Wildman–Crippen MR) is 54.0 cm³/mol. The third-order valence-electron chi connectivity index (χ3n) is 1.89. The summed E-state index contributed by atoms with van der Waals surface area (Å²) in [7, 11) is 0. The fourth-order valence-electron chi connectivity index (χ4n) is 1.06. The Morgan fingerprint density at radius 3 is 2.85 bits per heavy atom. The number of nitrogens with zero attached hydrogens (tertiary/aromatic N) is 1. The molecule has 0 saturated heterocycles. The molecule has 0 bridgehead atoms. The summed E-state index contributed by atoms with van der Waals surface area (Å²) in [4.78, 5) is 4.34. The highest BCUT2D eigenvalue weighted by Gasteiger charge is 1.95. The fraction of sp³-hybridized carbons (Fsp3) is 0.545. The number of rotatable bonds is 5. The van der Waals surface area contributed by atoms with E-state index in [0.29, 0.717) is 0 Å². The average Bonchev–Trinajstić information content (AvgIpc) is 2.19. The van der Waals surface area contributed by atoms with E-state index in [1.165, 1.54) is 0 Å². The van der Waals surface area contributed by atoms with E-state index in [4.69, 9.17) is 4.74 Å². The molecular formula is C11H17NO. The zero-order valence-corrected chi connectivity index (χ0v) is 8.42. The lowest BCUT2D eigenvalue weighted by molar-refractivity contribution is 0.297. The van der Waals surface area contributed by atoms with Crippen molar-refractivity contribution in [3.63, 3.8) is 0 Å². The smallest absolute Gasteiger partial charge is 0.213 e. The number of ether oxygens (including phenoxy) is 1. The molecule has 0 aromatic carbocycles. The van der Waals surface area contributed by atoms with Gasteiger partial charge in [0.1, 0.15) is 0 Å². The van der Waals surface area contributed by atoms with Crippen molar-refractivity contribution in [2.45, 2.75) is 33.1 Å². The van der Waals surface area contributed by atoms with Crippen molar-refractivity contribution in [2.24, 2.45) is 0 Å². The molecule has 0 aliphatic carbocycles. The topological polar surface area (TPSA) is 22.1 Å². The monoisotopic (exact) mass is 179 g/mol. The molecule has 0 spiro atoms. The maximum atomic E-state index is 5.48. The molecule has 72 valence electrons. The molecule has 0 aliphatic heterocycles. The Balaban J connectivity index is 2.46. The van der Waals surface area contributed by atoms with Gasteiger partial charge in [0.05, 0.1) is 6.61 Å². The normalized spacial score (nSPS) is 10.0. The lowest BCUT2D eigenvalue weighted by atomic mass is 10.3. The minimum absolute atomic E-state index is 0.757. The van der Waals surface area contributed by atoms with Crippen LogP contribution in [0.1, 0.15) is 32.4 Å². The lowest BCUT2D eigenvalue weighted by Gasteiger charge is -2.04. The molecule has 2 heteroatoms. The van der Waals surface area contributed by atoms with Crippen LogP contribution in [0.15, 0.2) is 18.2 Å². The van der Waals surface area contributed by atoms with Crippen molar-refractivity contribution < 1.29 is 4.74 Å². The Morgan fingerprint density at radius 1 is 1.31 bits per heavy atom. The van der Waals surface area contributed by atoms with Gasteiger partial charge in [0.2, 0.25) is 5.88 Å². The number of pyridine rings is 1. The molecule has 1 heterocycles. The van der Waals surface area contributed by atoms with Gasteiger partial charge in [0, 0.05) is 11.8 Å². The van der Waals surface area contributed by atoms with Gasteiger partial charge in [0.25, 0.3) is 0 Å². The first-order valence-electron chi connectivity index (χ1n) is 4.95. The van der Waals surface area contributed by atoms with E-state index < -0.39 is 0 Å². The van der Waals surface area contributed by atoms with Gasteiger partial charge < -0.3 is 4.74 Å². The van der Waals surface area contributed by atoms with Crippen LogP contribution < -0.4 is 4.74 Å². The van der Waals surface area contributed by atoms with Crippen molar-refractivity contribution in [1.82, 2.24) is 4.98 Å². The average molecular weight is 179 g/mol. The largest absolute Gasteiger partial charge is 0.478 e. The quantitative estimate of drug-likeness (QED) is 0.648. The van der Waals surface area contributed by atoms with Crippen LogP contribution in [0.25, 0.3) is 0 Å². The highest BCUT2D eigenvalue weighted by Crippen LogP contribution is 2.08. The lowest BCUT2D eigenvalue weighted by Crippen LogP contribution is -1.99. The molecule has 0 saturated carbocycles. The summed E-state index contributed by atoms with van der Waals surface area (Å²) in [6, 6.07) is 5.93. The molecular weight excluding hydrogens is 162 g/mol. The molecule has 0 N–H and O–H groups in total. The summed E-state index contributed by atoms with van der Waals surface area (Å²) in [5.41, 5.74) is 1.09. The molecule has 2 nitrogen and oxygen atoms in total. The minimum atomic E-state index is 0.757. The first-order valence-corrected chi connectivity index (χ1v) is 4.95. The van der Waals surface area contributed by atoms with Crippen LogP contribution in [0.2, 0.25) is 0 Å². The van der Waals surface area contributed by atoms with Gasteiger partial charge in [-0.25, -0.2) is 4.98 Å². The van der Waals surface area contributed by atoms with E-state index in [1.807, 2.05) is 18.2 Å². The maximum Gasteiger partial charge on any atom is 0.213 e. The Morgan fingerprint density at radius 2 is 2.15 bits per heavy atom. The second kappa shape index (κ2) is 5.57. The number of hydrogen-bond acceptors (Lipinski definition) is 2.